The van der Waals surface area contributed by atoms with E-state index in [1.807, 2.05) is 18.2 Å². The zero-order valence-corrected chi connectivity index (χ0v) is 18.8. The Hall–Kier alpha value is -2.90. The van der Waals surface area contributed by atoms with E-state index < -0.39 is 15.9 Å². The number of sulfonamides is 1. The van der Waals surface area contributed by atoms with Crippen molar-refractivity contribution in [2.24, 2.45) is 5.10 Å². The van der Waals surface area contributed by atoms with Gasteiger partial charge in [0.2, 0.25) is 10.0 Å². The van der Waals surface area contributed by atoms with Crippen molar-refractivity contribution in [3.63, 3.8) is 0 Å². The van der Waals surface area contributed by atoms with E-state index in [1.165, 1.54) is 16.5 Å². The Morgan fingerprint density at radius 2 is 1.90 bits per heavy atom. The molecule has 3 aromatic carbocycles. The van der Waals surface area contributed by atoms with Gasteiger partial charge < -0.3 is 0 Å². The van der Waals surface area contributed by atoms with E-state index in [4.69, 9.17) is 11.6 Å². The minimum absolute atomic E-state index is 0.386. The van der Waals surface area contributed by atoms with Gasteiger partial charge in [-0.2, -0.15) is 5.10 Å². The number of aryl methyl sites for hydroxylation is 3. The van der Waals surface area contributed by atoms with Gasteiger partial charge in [-0.25, -0.2) is 13.8 Å². The number of hydrogen-bond acceptors (Lipinski definition) is 4. The molecule has 1 N–H and O–H groups in total. The van der Waals surface area contributed by atoms with Crippen molar-refractivity contribution in [2.75, 3.05) is 17.1 Å². The van der Waals surface area contributed by atoms with E-state index in [-0.39, 0.29) is 6.54 Å². The first-order valence-corrected chi connectivity index (χ1v) is 12.1. The molecule has 0 radical (unpaired) electrons. The maximum Gasteiger partial charge on any atom is 0.260 e. The number of anilines is 1. The van der Waals surface area contributed by atoms with Crippen molar-refractivity contribution in [2.45, 2.75) is 19.8 Å². The lowest BCUT2D eigenvalue weighted by Crippen LogP contribution is -2.39. The van der Waals surface area contributed by atoms with Crippen LogP contribution in [-0.2, 0) is 27.7 Å². The van der Waals surface area contributed by atoms with Gasteiger partial charge >= 0.3 is 0 Å². The van der Waals surface area contributed by atoms with Crippen molar-refractivity contribution < 1.29 is 13.2 Å². The number of amides is 1. The second-order valence-corrected chi connectivity index (χ2v) is 9.99. The Labute approximate surface area is 186 Å². The lowest BCUT2D eigenvalue weighted by molar-refractivity contribution is -0.119. The van der Waals surface area contributed by atoms with Crippen LogP contribution in [0.3, 0.4) is 0 Å². The van der Waals surface area contributed by atoms with E-state index in [1.54, 1.807) is 31.3 Å². The van der Waals surface area contributed by atoms with Crippen LogP contribution in [0.2, 0.25) is 5.02 Å². The van der Waals surface area contributed by atoms with E-state index in [0.29, 0.717) is 16.3 Å². The van der Waals surface area contributed by atoms with Crippen molar-refractivity contribution in [3.05, 3.63) is 75.8 Å². The molecule has 0 bridgehead atoms. The summed E-state index contributed by atoms with van der Waals surface area (Å²) in [6, 6.07) is 15.1. The van der Waals surface area contributed by atoms with Crippen LogP contribution in [0.5, 0.6) is 0 Å². The van der Waals surface area contributed by atoms with E-state index >= 15 is 0 Å². The number of nitrogens with zero attached hydrogens (tertiary/aromatic N) is 2. The minimum Gasteiger partial charge on any atom is -0.271 e. The Balaban J connectivity index is 1.52. The predicted molar refractivity (Wildman–Crippen MR) is 125 cm³/mol. The Morgan fingerprint density at radius 3 is 2.61 bits per heavy atom. The average Bonchev–Trinajstić information content (AvgIpc) is 3.12. The number of nitrogens with one attached hydrogen (secondary N) is 1. The molecule has 1 aliphatic carbocycles. The van der Waals surface area contributed by atoms with Gasteiger partial charge in [0, 0.05) is 10.6 Å². The summed E-state index contributed by atoms with van der Waals surface area (Å²) in [4.78, 5) is 12.5. The highest BCUT2D eigenvalue weighted by Crippen LogP contribution is 2.32. The number of hydrazone groups is 1. The van der Waals surface area contributed by atoms with Gasteiger partial charge in [-0.05, 0) is 65.4 Å². The van der Waals surface area contributed by atoms with Crippen LogP contribution in [0.15, 0.2) is 53.6 Å². The van der Waals surface area contributed by atoms with Crippen LogP contribution in [0.1, 0.15) is 22.3 Å². The van der Waals surface area contributed by atoms with Crippen molar-refractivity contribution >= 4 is 50.2 Å². The molecule has 6 nitrogen and oxygen atoms in total. The summed E-state index contributed by atoms with van der Waals surface area (Å²) in [5.41, 5.74) is 7.05. The number of benzene rings is 3. The molecule has 8 heteroatoms. The van der Waals surface area contributed by atoms with Crippen LogP contribution < -0.4 is 9.73 Å². The second-order valence-electron chi connectivity index (χ2n) is 7.65. The molecule has 3 aromatic rings. The molecule has 0 heterocycles. The summed E-state index contributed by atoms with van der Waals surface area (Å²) in [5.74, 6) is -0.540. The highest BCUT2D eigenvalue weighted by Gasteiger charge is 2.22. The first-order valence-electron chi connectivity index (χ1n) is 9.83. The summed E-state index contributed by atoms with van der Waals surface area (Å²) >= 11 is 5.97. The first kappa shape index (κ1) is 21.3. The average molecular weight is 456 g/mol. The Bertz CT molecular complexity index is 1310. The number of halogens is 1. The van der Waals surface area contributed by atoms with Gasteiger partial charge in [-0.1, -0.05) is 41.9 Å². The van der Waals surface area contributed by atoms with Crippen LogP contribution in [0, 0.1) is 6.92 Å². The quantitative estimate of drug-likeness (QED) is 0.453. The van der Waals surface area contributed by atoms with Crippen LogP contribution >= 0.6 is 11.6 Å². The number of hydrogen-bond donors (Lipinski definition) is 1. The molecule has 0 aliphatic heterocycles. The molecule has 4 rings (SSSR count). The third-order valence-electron chi connectivity index (χ3n) is 5.42. The molecule has 0 saturated heterocycles. The molecule has 0 unspecified atom stereocenters. The molecular formula is C23H22ClN3O3S. The highest BCUT2D eigenvalue weighted by atomic mass is 35.5. The zero-order valence-electron chi connectivity index (χ0n) is 17.2. The number of carbonyl (C=O) groups is 1. The van der Waals surface area contributed by atoms with Gasteiger partial charge in [-0.3, -0.25) is 9.10 Å². The maximum absolute atomic E-state index is 12.5. The van der Waals surface area contributed by atoms with Gasteiger partial charge in [0.25, 0.3) is 5.91 Å². The molecule has 160 valence electrons. The standard InChI is InChI=1S/C23H22ClN3O3S/c1-15-12-19(24)10-11-21(15)27(31(2,29)30)14-22(28)26-25-13-18-9-8-17-7-6-16-4-3-5-20(18)23(16)17/h3-5,8-13H,6-7,14H2,1-2H3,(H,26,28)/b25-13-. The minimum atomic E-state index is -3.68. The fourth-order valence-corrected chi connectivity index (χ4v) is 5.14. The molecular weight excluding hydrogens is 434 g/mol. The lowest BCUT2D eigenvalue weighted by atomic mass is 10.0. The summed E-state index contributed by atoms with van der Waals surface area (Å²) in [6.07, 6.45) is 4.73. The number of carbonyl (C=O) groups excluding carboxylic acids is 1. The second kappa shape index (κ2) is 8.32. The number of rotatable bonds is 6. The lowest BCUT2D eigenvalue weighted by Gasteiger charge is -2.23. The molecule has 0 aromatic heterocycles. The smallest absolute Gasteiger partial charge is 0.260 e. The molecule has 0 fully saturated rings. The molecule has 0 atom stereocenters. The SMILES string of the molecule is Cc1cc(Cl)ccc1N(CC(=O)N/N=C\c1ccc2c3c(cccc13)CC2)S(C)(=O)=O. The zero-order chi connectivity index (χ0) is 22.2. The predicted octanol–water partition coefficient (Wildman–Crippen LogP) is 3.82. The van der Waals surface area contributed by atoms with Gasteiger partial charge in [0.15, 0.2) is 0 Å². The van der Waals surface area contributed by atoms with E-state index in [2.05, 4.69) is 22.7 Å². The molecule has 1 amide bonds. The fourth-order valence-electron chi connectivity index (χ4n) is 4.00. The molecule has 31 heavy (non-hydrogen) atoms. The van der Waals surface area contributed by atoms with Crippen molar-refractivity contribution in [3.8, 4) is 0 Å². The van der Waals surface area contributed by atoms with Crippen LogP contribution in [0.4, 0.5) is 5.69 Å². The molecule has 0 saturated carbocycles. The summed E-state index contributed by atoms with van der Waals surface area (Å²) in [6.45, 7) is 1.35. The van der Waals surface area contributed by atoms with Gasteiger partial charge in [0.1, 0.15) is 6.54 Å². The maximum atomic E-state index is 12.5. The van der Waals surface area contributed by atoms with Gasteiger partial charge in [0.05, 0.1) is 18.2 Å². The topological polar surface area (TPSA) is 78.8 Å². The summed E-state index contributed by atoms with van der Waals surface area (Å²) in [5, 5.41) is 6.92. The normalized spacial score (nSPS) is 13.1. The van der Waals surface area contributed by atoms with Crippen molar-refractivity contribution in [1.82, 2.24) is 5.43 Å². The van der Waals surface area contributed by atoms with E-state index in [0.717, 1.165) is 34.4 Å². The third-order valence-corrected chi connectivity index (χ3v) is 6.78. The monoisotopic (exact) mass is 455 g/mol. The largest absolute Gasteiger partial charge is 0.271 e. The Kier molecular flexibility index (Phi) is 5.73. The highest BCUT2D eigenvalue weighted by molar-refractivity contribution is 7.92. The van der Waals surface area contributed by atoms with E-state index in [9.17, 15) is 13.2 Å². The summed E-state index contributed by atoms with van der Waals surface area (Å²) in [7, 11) is -3.68. The molecule has 1 aliphatic rings. The fraction of sp³-hybridized carbons (Fsp3) is 0.217. The van der Waals surface area contributed by atoms with Crippen LogP contribution in [-0.4, -0.2) is 33.3 Å². The molecule has 0 spiro atoms. The summed E-state index contributed by atoms with van der Waals surface area (Å²) < 4.78 is 25.6. The first-order chi connectivity index (χ1) is 14.7. The Morgan fingerprint density at radius 1 is 1.16 bits per heavy atom. The van der Waals surface area contributed by atoms with Crippen molar-refractivity contribution in [1.29, 1.82) is 0 Å². The van der Waals surface area contributed by atoms with Gasteiger partial charge in [-0.15, -0.1) is 0 Å². The van der Waals surface area contributed by atoms with Crippen LogP contribution in [0.25, 0.3) is 10.8 Å². The third kappa shape index (κ3) is 4.43.